The van der Waals surface area contributed by atoms with E-state index in [1.165, 1.54) is 10.2 Å². The predicted molar refractivity (Wildman–Crippen MR) is 82.4 cm³/mol. The third-order valence-electron chi connectivity index (χ3n) is 3.82. The van der Waals surface area contributed by atoms with Crippen LogP contribution in [0.5, 0.6) is 5.75 Å². The molecule has 0 fully saturated rings. The number of ether oxygens (including phenoxy) is 1. The monoisotopic (exact) mass is 293 g/mol. The lowest BCUT2D eigenvalue weighted by molar-refractivity contribution is 0.278. The lowest BCUT2D eigenvalue weighted by Crippen LogP contribution is -2.26. The molecule has 0 bridgehead atoms. The molecule has 0 radical (unpaired) electrons. The summed E-state index contributed by atoms with van der Waals surface area (Å²) in [5.74, 6) is 1.35. The van der Waals surface area contributed by atoms with Gasteiger partial charge in [-0.15, -0.1) is 0 Å². The van der Waals surface area contributed by atoms with Gasteiger partial charge in [-0.2, -0.15) is 5.10 Å². The third kappa shape index (κ3) is 2.02. The van der Waals surface area contributed by atoms with Crippen LogP contribution in [0.1, 0.15) is 17.0 Å². The molecule has 4 rings (SSSR count). The van der Waals surface area contributed by atoms with Gasteiger partial charge in [-0.25, -0.2) is 14.0 Å². The highest BCUT2D eigenvalue weighted by Gasteiger charge is 2.22. The van der Waals surface area contributed by atoms with Crippen molar-refractivity contribution in [2.75, 3.05) is 0 Å². The Morgan fingerprint density at radius 3 is 2.73 bits per heavy atom. The molecule has 5 nitrogen and oxygen atoms in total. The SMILES string of the molecule is Cc1ccc(Cn2nc3n(c2=O)-c2ccccc2OC3)cc1. The van der Waals surface area contributed by atoms with E-state index >= 15 is 0 Å². The summed E-state index contributed by atoms with van der Waals surface area (Å²) < 4.78 is 8.77. The van der Waals surface area contributed by atoms with E-state index in [0.29, 0.717) is 24.7 Å². The second kappa shape index (κ2) is 4.87. The first kappa shape index (κ1) is 12.9. The molecule has 1 aliphatic rings. The molecular weight excluding hydrogens is 278 g/mol. The van der Waals surface area contributed by atoms with E-state index < -0.39 is 0 Å². The first-order valence-electron chi connectivity index (χ1n) is 7.19. The number of nitrogens with zero attached hydrogens (tertiary/aromatic N) is 3. The summed E-state index contributed by atoms with van der Waals surface area (Å²) in [4.78, 5) is 12.7. The molecule has 0 amide bonds. The maximum absolute atomic E-state index is 12.7. The molecule has 0 saturated carbocycles. The summed E-state index contributed by atoms with van der Waals surface area (Å²) in [6.45, 7) is 2.81. The first-order chi connectivity index (χ1) is 10.7. The fraction of sp³-hybridized carbons (Fsp3) is 0.176. The number of benzene rings is 2. The number of hydrogen-bond acceptors (Lipinski definition) is 3. The predicted octanol–water partition coefficient (Wildman–Crippen LogP) is 2.28. The molecule has 0 saturated heterocycles. The van der Waals surface area contributed by atoms with Gasteiger partial charge in [0.05, 0.1) is 12.2 Å². The highest BCUT2D eigenvalue weighted by atomic mass is 16.5. The molecule has 22 heavy (non-hydrogen) atoms. The van der Waals surface area contributed by atoms with E-state index in [0.717, 1.165) is 11.3 Å². The van der Waals surface area contributed by atoms with Crippen molar-refractivity contribution in [1.29, 1.82) is 0 Å². The van der Waals surface area contributed by atoms with E-state index in [4.69, 9.17) is 4.74 Å². The maximum Gasteiger partial charge on any atom is 0.351 e. The molecule has 0 N–H and O–H groups in total. The van der Waals surface area contributed by atoms with Gasteiger partial charge in [-0.1, -0.05) is 42.0 Å². The summed E-state index contributed by atoms with van der Waals surface area (Å²) in [7, 11) is 0. The Bertz CT molecular complexity index is 891. The Morgan fingerprint density at radius 1 is 1.14 bits per heavy atom. The van der Waals surface area contributed by atoms with Crippen LogP contribution < -0.4 is 10.4 Å². The summed E-state index contributed by atoms with van der Waals surface area (Å²) in [6.07, 6.45) is 0. The van der Waals surface area contributed by atoms with Crippen molar-refractivity contribution in [1.82, 2.24) is 14.3 Å². The Balaban J connectivity index is 1.77. The van der Waals surface area contributed by atoms with Crippen LogP contribution in [-0.2, 0) is 13.2 Å². The first-order valence-corrected chi connectivity index (χ1v) is 7.19. The quantitative estimate of drug-likeness (QED) is 0.728. The number of para-hydroxylation sites is 2. The molecule has 0 aliphatic carbocycles. The van der Waals surface area contributed by atoms with Gasteiger partial charge in [-0.05, 0) is 24.6 Å². The van der Waals surface area contributed by atoms with Gasteiger partial charge < -0.3 is 4.74 Å². The van der Waals surface area contributed by atoms with Gasteiger partial charge in [0.1, 0.15) is 12.4 Å². The number of rotatable bonds is 2. The normalized spacial score (nSPS) is 12.4. The zero-order chi connectivity index (χ0) is 15.1. The molecule has 0 atom stereocenters. The molecule has 3 aromatic rings. The maximum atomic E-state index is 12.7. The molecule has 0 unspecified atom stereocenters. The fourth-order valence-electron chi connectivity index (χ4n) is 2.66. The second-order valence-electron chi connectivity index (χ2n) is 5.43. The minimum atomic E-state index is -0.133. The van der Waals surface area contributed by atoms with Crippen molar-refractivity contribution in [3.8, 4) is 11.4 Å². The Hall–Kier alpha value is -2.82. The van der Waals surface area contributed by atoms with E-state index in [1.54, 1.807) is 4.57 Å². The van der Waals surface area contributed by atoms with Gasteiger partial charge in [-0.3, -0.25) is 0 Å². The number of hydrogen-bond donors (Lipinski definition) is 0. The molecule has 2 aromatic carbocycles. The molecule has 0 spiro atoms. The van der Waals surface area contributed by atoms with E-state index in [9.17, 15) is 4.79 Å². The smallest absolute Gasteiger partial charge is 0.351 e. The number of fused-ring (bicyclic) bond motifs is 3. The van der Waals surface area contributed by atoms with Crippen LogP contribution in [0.15, 0.2) is 53.3 Å². The van der Waals surface area contributed by atoms with Crippen LogP contribution in [0.4, 0.5) is 0 Å². The topological polar surface area (TPSA) is 49.0 Å². The zero-order valence-electron chi connectivity index (χ0n) is 12.2. The molecule has 1 aliphatic heterocycles. The van der Waals surface area contributed by atoms with Crippen molar-refractivity contribution in [2.45, 2.75) is 20.1 Å². The van der Waals surface area contributed by atoms with Gasteiger partial charge >= 0.3 is 5.69 Å². The van der Waals surface area contributed by atoms with Crippen molar-refractivity contribution in [2.24, 2.45) is 0 Å². The zero-order valence-corrected chi connectivity index (χ0v) is 12.2. The van der Waals surface area contributed by atoms with Gasteiger partial charge in [0.25, 0.3) is 0 Å². The highest BCUT2D eigenvalue weighted by Crippen LogP contribution is 2.26. The summed E-state index contributed by atoms with van der Waals surface area (Å²) in [5.41, 5.74) is 2.87. The standard InChI is InChI=1S/C17H15N3O2/c1-12-6-8-13(9-7-12)10-19-17(21)20-14-4-2-3-5-15(14)22-11-16(20)18-19/h2-9H,10-11H2,1H3. The van der Waals surface area contributed by atoms with Crippen molar-refractivity contribution in [3.05, 3.63) is 76.0 Å². The average Bonchev–Trinajstić information content (AvgIpc) is 2.86. The third-order valence-corrected chi connectivity index (χ3v) is 3.82. The number of aryl methyl sites for hydroxylation is 1. The van der Waals surface area contributed by atoms with Gasteiger partial charge in [0.2, 0.25) is 0 Å². The Kier molecular flexibility index (Phi) is 2.85. The van der Waals surface area contributed by atoms with Crippen LogP contribution >= 0.6 is 0 Å². The molecule has 2 heterocycles. The summed E-state index contributed by atoms with van der Waals surface area (Å²) in [6, 6.07) is 15.6. The van der Waals surface area contributed by atoms with E-state index in [-0.39, 0.29) is 5.69 Å². The second-order valence-corrected chi connectivity index (χ2v) is 5.43. The van der Waals surface area contributed by atoms with Gasteiger partial charge in [0.15, 0.2) is 5.82 Å². The minimum Gasteiger partial charge on any atom is -0.483 e. The minimum absolute atomic E-state index is 0.133. The van der Waals surface area contributed by atoms with Crippen molar-refractivity contribution < 1.29 is 4.74 Å². The van der Waals surface area contributed by atoms with Crippen LogP contribution in [0.25, 0.3) is 5.69 Å². The number of aromatic nitrogens is 3. The Morgan fingerprint density at radius 2 is 1.91 bits per heavy atom. The fourth-order valence-corrected chi connectivity index (χ4v) is 2.66. The molecule has 110 valence electrons. The van der Waals surface area contributed by atoms with Gasteiger partial charge in [0, 0.05) is 0 Å². The van der Waals surface area contributed by atoms with Crippen LogP contribution in [-0.4, -0.2) is 14.3 Å². The van der Waals surface area contributed by atoms with E-state index in [1.807, 2.05) is 55.5 Å². The summed E-state index contributed by atoms with van der Waals surface area (Å²) >= 11 is 0. The molecule has 1 aromatic heterocycles. The van der Waals surface area contributed by atoms with Crippen LogP contribution in [0.3, 0.4) is 0 Å². The van der Waals surface area contributed by atoms with E-state index in [2.05, 4.69) is 5.10 Å². The average molecular weight is 293 g/mol. The lowest BCUT2D eigenvalue weighted by Gasteiger charge is -2.16. The lowest BCUT2D eigenvalue weighted by atomic mass is 10.1. The highest BCUT2D eigenvalue weighted by molar-refractivity contribution is 5.48. The Labute approximate surface area is 127 Å². The molecule has 5 heteroatoms. The molecular formula is C17H15N3O2. The van der Waals surface area contributed by atoms with Crippen LogP contribution in [0, 0.1) is 6.92 Å². The van der Waals surface area contributed by atoms with Crippen LogP contribution in [0.2, 0.25) is 0 Å². The van der Waals surface area contributed by atoms with Crippen molar-refractivity contribution >= 4 is 0 Å². The largest absolute Gasteiger partial charge is 0.483 e. The van der Waals surface area contributed by atoms with Crippen molar-refractivity contribution in [3.63, 3.8) is 0 Å². The summed E-state index contributed by atoms with van der Waals surface area (Å²) in [5, 5.41) is 4.41.